The van der Waals surface area contributed by atoms with Gasteiger partial charge in [-0.2, -0.15) is 0 Å². The van der Waals surface area contributed by atoms with Crippen LogP contribution in [0.2, 0.25) is 0 Å². The summed E-state index contributed by atoms with van der Waals surface area (Å²) in [6.45, 7) is 0.675. The van der Waals surface area contributed by atoms with Crippen molar-refractivity contribution in [2.24, 2.45) is 5.73 Å². The molecule has 4 N–H and O–H groups in total. The molecule has 3 nitrogen and oxygen atoms in total. The summed E-state index contributed by atoms with van der Waals surface area (Å²) >= 11 is 0. The molecule has 14 heavy (non-hydrogen) atoms. The zero-order chi connectivity index (χ0) is 10.4. The second kappa shape index (κ2) is 5.05. The molecular formula is C11H13N3. The maximum absolute atomic E-state index is 7.21. The van der Waals surface area contributed by atoms with E-state index in [0.717, 1.165) is 11.1 Å². The van der Waals surface area contributed by atoms with Crippen molar-refractivity contribution in [3.63, 3.8) is 0 Å². The van der Waals surface area contributed by atoms with E-state index in [-0.39, 0.29) is 5.84 Å². The molecule has 0 unspecified atom stereocenters. The first-order chi connectivity index (χ1) is 6.74. The van der Waals surface area contributed by atoms with Gasteiger partial charge in [0.15, 0.2) is 0 Å². The van der Waals surface area contributed by atoms with Crippen LogP contribution >= 0.6 is 0 Å². The van der Waals surface area contributed by atoms with E-state index < -0.39 is 0 Å². The van der Waals surface area contributed by atoms with Crippen molar-refractivity contribution < 1.29 is 0 Å². The van der Waals surface area contributed by atoms with E-state index in [0.29, 0.717) is 6.54 Å². The zero-order valence-corrected chi connectivity index (χ0v) is 8.09. The number of nitrogens with one attached hydrogen (secondary N) is 2. The smallest absolute Gasteiger partial charge is 0.122 e. The largest absolute Gasteiger partial charge is 0.384 e. The van der Waals surface area contributed by atoms with Crippen LogP contribution < -0.4 is 11.1 Å². The van der Waals surface area contributed by atoms with E-state index in [4.69, 9.17) is 11.1 Å². The second-order valence-electron chi connectivity index (χ2n) is 2.82. The molecule has 0 bridgehead atoms. The lowest BCUT2D eigenvalue weighted by Crippen LogP contribution is -2.10. The zero-order valence-electron chi connectivity index (χ0n) is 8.09. The first-order valence-electron chi connectivity index (χ1n) is 4.32. The summed E-state index contributed by atoms with van der Waals surface area (Å²) in [7, 11) is 1.85. The van der Waals surface area contributed by atoms with Crippen LogP contribution in [0.25, 0.3) is 0 Å². The third kappa shape index (κ3) is 2.92. The highest BCUT2D eigenvalue weighted by Gasteiger charge is 1.93. The highest BCUT2D eigenvalue weighted by atomic mass is 14.8. The maximum atomic E-state index is 7.21. The van der Waals surface area contributed by atoms with E-state index in [1.54, 1.807) is 12.1 Å². The predicted octanol–water partition coefficient (Wildman–Crippen LogP) is 0.542. The lowest BCUT2D eigenvalue weighted by molar-refractivity contribution is 0.938. The fraction of sp³-hybridized carbons (Fsp3) is 0.182. The molecule has 3 heteroatoms. The third-order valence-electron chi connectivity index (χ3n) is 1.69. The van der Waals surface area contributed by atoms with Gasteiger partial charge in [0.25, 0.3) is 0 Å². The first-order valence-corrected chi connectivity index (χ1v) is 4.32. The molecule has 1 rings (SSSR count). The van der Waals surface area contributed by atoms with Gasteiger partial charge in [-0.3, -0.25) is 5.41 Å². The number of benzene rings is 1. The number of hydrogen-bond acceptors (Lipinski definition) is 2. The molecule has 0 spiro atoms. The molecular weight excluding hydrogens is 174 g/mol. The molecule has 1 aromatic rings. The van der Waals surface area contributed by atoms with Crippen molar-refractivity contribution in [1.82, 2.24) is 5.32 Å². The lowest BCUT2D eigenvalue weighted by atomic mass is 10.1. The highest BCUT2D eigenvalue weighted by molar-refractivity contribution is 5.94. The van der Waals surface area contributed by atoms with Crippen LogP contribution in [0.5, 0.6) is 0 Å². The van der Waals surface area contributed by atoms with Gasteiger partial charge in [0.05, 0.1) is 6.54 Å². The molecule has 0 saturated carbocycles. The third-order valence-corrected chi connectivity index (χ3v) is 1.69. The Morgan fingerprint density at radius 1 is 1.43 bits per heavy atom. The normalized spacial score (nSPS) is 8.93. The lowest BCUT2D eigenvalue weighted by Gasteiger charge is -1.96. The summed E-state index contributed by atoms with van der Waals surface area (Å²) < 4.78 is 0. The number of amidine groups is 1. The van der Waals surface area contributed by atoms with Crippen molar-refractivity contribution in [2.45, 2.75) is 0 Å². The Morgan fingerprint density at radius 3 is 2.57 bits per heavy atom. The molecule has 0 aliphatic rings. The summed E-state index contributed by atoms with van der Waals surface area (Å²) in [5.74, 6) is 6.02. The van der Waals surface area contributed by atoms with E-state index in [1.807, 2.05) is 19.2 Å². The molecule has 1 aromatic carbocycles. The number of rotatable bonds is 2. The molecule has 0 saturated heterocycles. The van der Waals surface area contributed by atoms with E-state index >= 15 is 0 Å². The summed E-state index contributed by atoms with van der Waals surface area (Å²) in [6.07, 6.45) is 0. The van der Waals surface area contributed by atoms with Crippen LogP contribution in [0, 0.1) is 17.3 Å². The van der Waals surface area contributed by atoms with Crippen LogP contribution in [0.1, 0.15) is 11.1 Å². The number of nitrogen functional groups attached to an aromatic ring is 1. The quantitative estimate of drug-likeness (QED) is 0.359. The van der Waals surface area contributed by atoms with Gasteiger partial charge in [-0.1, -0.05) is 24.0 Å². The van der Waals surface area contributed by atoms with Crippen LogP contribution in [-0.2, 0) is 0 Å². The predicted molar refractivity (Wildman–Crippen MR) is 58.3 cm³/mol. The average molecular weight is 187 g/mol. The Hall–Kier alpha value is -1.79. The van der Waals surface area contributed by atoms with Crippen LogP contribution in [-0.4, -0.2) is 19.4 Å². The van der Waals surface area contributed by atoms with Gasteiger partial charge in [-0.15, -0.1) is 0 Å². The van der Waals surface area contributed by atoms with Crippen molar-refractivity contribution in [3.8, 4) is 11.8 Å². The molecule has 0 aliphatic heterocycles. The molecule has 72 valence electrons. The van der Waals surface area contributed by atoms with Crippen molar-refractivity contribution in [3.05, 3.63) is 35.4 Å². The van der Waals surface area contributed by atoms with Crippen molar-refractivity contribution >= 4 is 5.84 Å². The van der Waals surface area contributed by atoms with Gasteiger partial charge in [0, 0.05) is 11.1 Å². The summed E-state index contributed by atoms with van der Waals surface area (Å²) in [5.41, 5.74) is 6.98. The molecule has 0 aromatic heterocycles. The molecule has 0 fully saturated rings. The molecule has 0 atom stereocenters. The minimum Gasteiger partial charge on any atom is -0.384 e. The Balaban J connectivity index is 2.75. The van der Waals surface area contributed by atoms with Crippen LogP contribution in [0.15, 0.2) is 24.3 Å². The second-order valence-corrected chi connectivity index (χ2v) is 2.82. The number of nitrogens with two attached hydrogens (primary N) is 1. The summed E-state index contributed by atoms with van der Waals surface area (Å²) in [4.78, 5) is 0. The van der Waals surface area contributed by atoms with E-state index in [2.05, 4.69) is 17.2 Å². The average Bonchev–Trinajstić information content (AvgIpc) is 2.19. The number of hydrogen-bond donors (Lipinski definition) is 3. The molecule has 0 heterocycles. The van der Waals surface area contributed by atoms with Gasteiger partial charge in [-0.05, 0) is 19.2 Å². The Kier molecular flexibility index (Phi) is 3.71. The van der Waals surface area contributed by atoms with Crippen LogP contribution in [0.4, 0.5) is 0 Å². The van der Waals surface area contributed by atoms with Gasteiger partial charge < -0.3 is 11.1 Å². The molecule has 0 radical (unpaired) electrons. The minimum absolute atomic E-state index is 0.0831. The minimum atomic E-state index is 0.0831. The van der Waals surface area contributed by atoms with Gasteiger partial charge in [0.1, 0.15) is 5.84 Å². The SMILES string of the molecule is CNCC#Cc1ccc(C(=N)N)cc1. The Labute approximate surface area is 83.8 Å². The Morgan fingerprint density at radius 2 is 2.07 bits per heavy atom. The topological polar surface area (TPSA) is 61.9 Å². The van der Waals surface area contributed by atoms with Crippen LogP contribution in [0.3, 0.4) is 0 Å². The maximum Gasteiger partial charge on any atom is 0.122 e. The standard InChI is InChI=1S/C11H13N3/c1-14-8-2-3-9-4-6-10(7-5-9)11(12)13/h4-7,14H,8H2,1H3,(H3,12,13). The highest BCUT2D eigenvalue weighted by Crippen LogP contribution is 2.01. The summed E-state index contributed by atoms with van der Waals surface area (Å²) in [5, 5.41) is 10.1. The Bertz CT molecular complexity index is 368. The van der Waals surface area contributed by atoms with Gasteiger partial charge in [-0.25, -0.2) is 0 Å². The van der Waals surface area contributed by atoms with E-state index in [1.165, 1.54) is 0 Å². The van der Waals surface area contributed by atoms with Crippen molar-refractivity contribution in [1.29, 1.82) is 5.41 Å². The molecule has 0 amide bonds. The van der Waals surface area contributed by atoms with Gasteiger partial charge >= 0.3 is 0 Å². The first kappa shape index (κ1) is 10.3. The molecule has 0 aliphatic carbocycles. The summed E-state index contributed by atoms with van der Waals surface area (Å²) in [6, 6.07) is 7.32. The fourth-order valence-electron chi connectivity index (χ4n) is 0.968. The monoisotopic (exact) mass is 187 g/mol. The van der Waals surface area contributed by atoms with E-state index in [9.17, 15) is 0 Å². The van der Waals surface area contributed by atoms with Gasteiger partial charge in [0.2, 0.25) is 0 Å². The fourth-order valence-corrected chi connectivity index (χ4v) is 0.968. The van der Waals surface area contributed by atoms with Crippen molar-refractivity contribution in [2.75, 3.05) is 13.6 Å².